The molecule has 1 rings (SSSR count). The number of hydrogen-bond donors (Lipinski definition) is 1. The van der Waals surface area contributed by atoms with Crippen LogP contribution in [0.3, 0.4) is 0 Å². The highest BCUT2D eigenvalue weighted by molar-refractivity contribution is 7.99. The Balaban J connectivity index is 2.14. The molecule has 0 radical (unpaired) electrons. The summed E-state index contributed by atoms with van der Waals surface area (Å²) in [6.45, 7) is 8.14. The molecule has 78 valence electrons. The van der Waals surface area contributed by atoms with Gasteiger partial charge in [-0.15, -0.1) is 0 Å². The van der Waals surface area contributed by atoms with Gasteiger partial charge in [0.2, 0.25) is 0 Å². The van der Waals surface area contributed by atoms with E-state index in [-0.39, 0.29) is 0 Å². The van der Waals surface area contributed by atoms with Gasteiger partial charge in [0.15, 0.2) is 0 Å². The first-order valence-electron chi connectivity index (χ1n) is 5.29. The first-order chi connectivity index (χ1) is 6.24. The Kier molecular flexibility index (Phi) is 5.14. The fourth-order valence-electron chi connectivity index (χ4n) is 1.79. The molecule has 0 saturated carbocycles. The second kappa shape index (κ2) is 5.89. The van der Waals surface area contributed by atoms with Gasteiger partial charge in [0.25, 0.3) is 0 Å². The molecule has 1 aliphatic heterocycles. The van der Waals surface area contributed by atoms with Crippen LogP contribution in [0.5, 0.6) is 0 Å². The van der Waals surface area contributed by atoms with Crippen LogP contribution in [0.4, 0.5) is 0 Å². The van der Waals surface area contributed by atoms with Crippen LogP contribution in [0.2, 0.25) is 0 Å². The van der Waals surface area contributed by atoms with E-state index in [1.54, 1.807) is 0 Å². The van der Waals surface area contributed by atoms with Gasteiger partial charge in [-0.2, -0.15) is 11.8 Å². The van der Waals surface area contributed by atoms with Crippen molar-refractivity contribution in [3.05, 3.63) is 0 Å². The molecule has 2 atom stereocenters. The predicted octanol–water partition coefficient (Wildman–Crippen LogP) is 1.41. The zero-order valence-corrected chi connectivity index (χ0v) is 9.65. The molecule has 2 nitrogen and oxygen atoms in total. The summed E-state index contributed by atoms with van der Waals surface area (Å²) in [6.07, 6.45) is 1.18. The summed E-state index contributed by atoms with van der Waals surface area (Å²) in [5.74, 6) is 3.20. The molecule has 0 aliphatic carbocycles. The van der Waals surface area contributed by atoms with Gasteiger partial charge in [0, 0.05) is 24.9 Å². The number of rotatable bonds is 4. The van der Waals surface area contributed by atoms with Crippen LogP contribution in [-0.2, 0) is 0 Å². The van der Waals surface area contributed by atoms with Crippen LogP contribution in [0, 0.1) is 5.92 Å². The molecule has 2 N–H and O–H groups in total. The lowest BCUT2D eigenvalue weighted by atomic mass is 9.95. The largest absolute Gasteiger partial charge is 0.327 e. The Morgan fingerprint density at radius 2 is 2.31 bits per heavy atom. The molecule has 1 heterocycles. The van der Waals surface area contributed by atoms with Crippen LogP contribution >= 0.6 is 11.8 Å². The molecular formula is C10H22N2S. The third kappa shape index (κ3) is 3.88. The maximum absolute atomic E-state index is 5.96. The van der Waals surface area contributed by atoms with Crippen LogP contribution < -0.4 is 5.73 Å². The molecule has 0 bridgehead atoms. The molecule has 3 heteroatoms. The Morgan fingerprint density at radius 3 is 2.92 bits per heavy atom. The summed E-state index contributed by atoms with van der Waals surface area (Å²) < 4.78 is 0. The average molecular weight is 202 g/mol. The van der Waals surface area contributed by atoms with Gasteiger partial charge >= 0.3 is 0 Å². The summed E-state index contributed by atoms with van der Waals surface area (Å²) in [4.78, 5) is 2.55. The van der Waals surface area contributed by atoms with Crippen molar-refractivity contribution in [1.82, 2.24) is 4.90 Å². The van der Waals surface area contributed by atoms with E-state index >= 15 is 0 Å². The Bertz CT molecular complexity index is 141. The summed E-state index contributed by atoms with van der Waals surface area (Å²) in [5.41, 5.74) is 5.96. The highest BCUT2D eigenvalue weighted by Gasteiger charge is 2.22. The fraction of sp³-hybridized carbons (Fsp3) is 1.00. The maximum atomic E-state index is 5.96. The van der Waals surface area contributed by atoms with E-state index < -0.39 is 0 Å². The van der Waals surface area contributed by atoms with E-state index in [0.29, 0.717) is 12.0 Å². The van der Waals surface area contributed by atoms with Crippen molar-refractivity contribution >= 4 is 11.8 Å². The van der Waals surface area contributed by atoms with Crippen molar-refractivity contribution in [2.45, 2.75) is 26.3 Å². The minimum Gasteiger partial charge on any atom is -0.327 e. The van der Waals surface area contributed by atoms with Gasteiger partial charge in [-0.3, -0.25) is 0 Å². The van der Waals surface area contributed by atoms with E-state index in [4.69, 9.17) is 5.73 Å². The normalized spacial score (nSPS) is 30.7. The molecule has 2 unspecified atom stereocenters. The summed E-state index contributed by atoms with van der Waals surface area (Å²) in [5, 5.41) is 0. The monoisotopic (exact) mass is 202 g/mol. The SMILES string of the molecule is CCSCCN1CCC(N)C(C)C1. The van der Waals surface area contributed by atoms with E-state index in [0.717, 1.165) is 0 Å². The van der Waals surface area contributed by atoms with Crippen molar-refractivity contribution in [1.29, 1.82) is 0 Å². The van der Waals surface area contributed by atoms with Gasteiger partial charge in [0.05, 0.1) is 0 Å². The Hall–Kier alpha value is 0.270. The van der Waals surface area contributed by atoms with Crippen LogP contribution in [-0.4, -0.2) is 42.1 Å². The van der Waals surface area contributed by atoms with Crippen molar-refractivity contribution in [2.24, 2.45) is 11.7 Å². The lowest BCUT2D eigenvalue weighted by Gasteiger charge is -2.34. The van der Waals surface area contributed by atoms with Gasteiger partial charge in [-0.25, -0.2) is 0 Å². The fourth-order valence-corrected chi connectivity index (χ4v) is 2.47. The highest BCUT2D eigenvalue weighted by atomic mass is 32.2. The smallest absolute Gasteiger partial charge is 0.00889 e. The van der Waals surface area contributed by atoms with E-state index in [1.807, 2.05) is 11.8 Å². The van der Waals surface area contributed by atoms with E-state index in [1.165, 1.54) is 37.6 Å². The molecular weight excluding hydrogens is 180 g/mol. The van der Waals surface area contributed by atoms with Crippen LogP contribution in [0.1, 0.15) is 20.3 Å². The van der Waals surface area contributed by atoms with E-state index in [2.05, 4.69) is 18.7 Å². The lowest BCUT2D eigenvalue weighted by Crippen LogP contribution is -2.46. The van der Waals surface area contributed by atoms with Crippen LogP contribution in [0.25, 0.3) is 0 Å². The third-order valence-corrected chi connectivity index (χ3v) is 3.69. The number of nitrogens with two attached hydrogens (primary N) is 1. The summed E-state index contributed by atoms with van der Waals surface area (Å²) >= 11 is 2.03. The number of piperidine rings is 1. The number of likely N-dealkylation sites (tertiary alicyclic amines) is 1. The summed E-state index contributed by atoms with van der Waals surface area (Å²) in [7, 11) is 0. The second-order valence-corrected chi connectivity index (χ2v) is 5.32. The standard InChI is InChI=1S/C10H22N2S/c1-3-13-7-6-12-5-4-10(11)9(2)8-12/h9-10H,3-8,11H2,1-2H3. The first kappa shape index (κ1) is 11.3. The van der Waals surface area contributed by atoms with Gasteiger partial charge in [0.1, 0.15) is 0 Å². The van der Waals surface area contributed by atoms with Gasteiger partial charge < -0.3 is 10.6 Å². The highest BCUT2D eigenvalue weighted by Crippen LogP contribution is 2.15. The molecule has 0 spiro atoms. The molecule has 0 amide bonds. The van der Waals surface area contributed by atoms with Crippen LogP contribution in [0.15, 0.2) is 0 Å². The quantitative estimate of drug-likeness (QED) is 0.699. The molecule has 13 heavy (non-hydrogen) atoms. The molecule has 1 aliphatic rings. The number of hydrogen-bond acceptors (Lipinski definition) is 3. The minimum atomic E-state index is 0.440. The van der Waals surface area contributed by atoms with Gasteiger partial charge in [-0.05, 0) is 24.6 Å². The average Bonchev–Trinajstić information content (AvgIpc) is 2.12. The van der Waals surface area contributed by atoms with E-state index in [9.17, 15) is 0 Å². The maximum Gasteiger partial charge on any atom is 0.00889 e. The molecule has 1 fully saturated rings. The molecule has 0 aromatic heterocycles. The number of nitrogens with zero attached hydrogens (tertiary/aromatic N) is 1. The predicted molar refractivity (Wildman–Crippen MR) is 61.2 cm³/mol. The minimum absolute atomic E-state index is 0.440. The van der Waals surface area contributed by atoms with Gasteiger partial charge in [-0.1, -0.05) is 13.8 Å². The second-order valence-electron chi connectivity index (χ2n) is 3.93. The molecule has 0 aromatic carbocycles. The molecule has 1 saturated heterocycles. The van der Waals surface area contributed by atoms with Crippen molar-refractivity contribution in [3.8, 4) is 0 Å². The van der Waals surface area contributed by atoms with Crippen molar-refractivity contribution in [3.63, 3.8) is 0 Å². The van der Waals surface area contributed by atoms with Crippen molar-refractivity contribution < 1.29 is 0 Å². The topological polar surface area (TPSA) is 29.3 Å². The zero-order valence-electron chi connectivity index (χ0n) is 8.83. The summed E-state index contributed by atoms with van der Waals surface area (Å²) in [6, 6.07) is 0.440. The first-order valence-corrected chi connectivity index (χ1v) is 6.45. The third-order valence-electron chi connectivity index (χ3n) is 2.81. The zero-order chi connectivity index (χ0) is 9.68. The van der Waals surface area contributed by atoms with Crippen molar-refractivity contribution in [2.75, 3.05) is 31.1 Å². The molecule has 0 aromatic rings. The Morgan fingerprint density at radius 1 is 1.54 bits per heavy atom. The number of thioether (sulfide) groups is 1. The lowest BCUT2D eigenvalue weighted by molar-refractivity contribution is 0.173. The Labute approximate surface area is 86.2 Å².